The Balaban J connectivity index is 1.45. The Morgan fingerprint density at radius 2 is 1.53 bits per heavy atom. The van der Waals surface area contributed by atoms with Crippen molar-refractivity contribution in [1.82, 2.24) is 4.90 Å². The van der Waals surface area contributed by atoms with Gasteiger partial charge in [0.1, 0.15) is 5.75 Å². The van der Waals surface area contributed by atoms with Crippen molar-refractivity contribution < 1.29 is 9.90 Å². The number of nitrogens with zero attached hydrogens (tertiary/aromatic N) is 1. The molecule has 1 fully saturated rings. The molecule has 5 heteroatoms. The number of aromatic hydroxyl groups is 1. The molecule has 1 amide bonds. The minimum atomic E-state index is -0.124. The van der Waals surface area contributed by atoms with Crippen LogP contribution in [0.5, 0.6) is 5.75 Å². The molecule has 2 aromatic rings. The first-order valence-electron chi connectivity index (χ1n) is 13.4. The van der Waals surface area contributed by atoms with Crippen molar-refractivity contribution in [2.45, 2.75) is 106 Å². The highest BCUT2D eigenvalue weighted by Crippen LogP contribution is 2.45. The zero-order valence-electron chi connectivity index (χ0n) is 22.9. The molecule has 2 atom stereocenters. The van der Waals surface area contributed by atoms with E-state index in [-0.39, 0.29) is 16.7 Å². The third kappa shape index (κ3) is 6.45. The first-order chi connectivity index (χ1) is 16.9. The standard InChI is InChI=1S/C31H43NO2S2/c1-30(2,3)24-17-23(18-25(29(24)34)31(4,5)6)36-27-14-10-9-13-26(27)35-20-28(33)32-16-15-21-11-7-8-12-22(21)19-32/h7-8,11-12,17-18,26-27,34H,9-10,13-16,19-20H2,1-6H3/t26-,27-/m0/s1. The number of phenols is 1. The number of benzene rings is 2. The van der Waals surface area contributed by atoms with Crippen molar-refractivity contribution in [2.24, 2.45) is 0 Å². The number of hydrogen-bond donors (Lipinski definition) is 1. The maximum Gasteiger partial charge on any atom is 0.232 e. The van der Waals surface area contributed by atoms with Gasteiger partial charge >= 0.3 is 0 Å². The maximum absolute atomic E-state index is 13.1. The number of rotatable bonds is 5. The van der Waals surface area contributed by atoms with Gasteiger partial charge in [-0.3, -0.25) is 4.79 Å². The lowest BCUT2D eigenvalue weighted by Gasteiger charge is -2.33. The fourth-order valence-corrected chi connectivity index (χ4v) is 8.28. The molecule has 36 heavy (non-hydrogen) atoms. The van der Waals surface area contributed by atoms with Gasteiger partial charge in [0.2, 0.25) is 5.91 Å². The quantitative estimate of drug-likeness (QED) is 0.434. The van der Waals surface area contributed by atoms with E-state index in [2.05, 4.69) is 77.9 Å². The van der Waals surface area contributed by atoms with Gasteiger partial charge in [0, 0.05) is 39.6 Å². The Kier molecular flexibility index (Phi) is 8.41. The van der Waals surface area contributed by atoms with E-state index in [9.17, 15) is 9.90 Å². The third-order valence-electron chi connectivity index (χ3n) is 7.53. The second-order valence-electron chi connectivity index (χ2n) is 12.5. The van der Waals surface area contributed by atoms with Crippen molar-refractivity contribution >= 4 is 29.4 Å². The van der Waals surface area contributed by atoms with Crippen LogP contribution in [-0.2, 0) is 28.6 Å². The molecule has 1 aliphatic heterocycles. The van der Waals surface area contributed by atoms with Crippen LogP contribution in [0.25, 0.3) is 0 Å². The Bertz CT molecular complexity index is 1050. The zero-order valence-corrected chi connectivity index (χ0v) is 24.5. The Labute approximate surface area is 226 Å². The van der Waals surface area contributed by atoms with Crippen molar-refractivity contribution in [2.75, 3.05) is 12.3 Å². The van der Waals surface area contributed by atoms with E-state index in [0.29, 0.717) is 22.0 Å². The van der Waals surface area contributed by atoms with E-state index in [1.807, 2.05) is 28.4 Å². The molecule has 0 aromatic heterocycles. The molecule has 196 valence electrons. The predicted molar refractivity (Wildman–Crippen MR) is 155 cm³/mol. The largest absolute Gasteiger partial charge is 0.507 e. The smallest absolute Gasteiger partial charge is 0.232 e. The molecule has 0 unspecified atom stereocenters. The summed E-state index contributed by atoms with van der Waals surface area (Å²) in [5.41, 5.74) is 4.48. The molecule has 1 heterocycles. The summed E-state index contributed by atoms with van der Waals surface area (Å²) >= 11 is 3.83. The van der Waals surface area contributed by atoms with Gasteiger partial charge in [-0.05, 0) is 53.4 Å². The van der Waals surface area contributed by atoms with Gasteiger partial charge in [-0.25, -0.2) is 0 Å². The monoisotopic (exact) mass is 525 g/mol. The van der Waals surface area contributed by atoms with E-state index < -0.39 is 0 Å². The minimum Gasteiger partial charge on any atom is -0.507 e. The summed E-state index contributed by atoms with van der Waals surface area (Å²) in [4.78, 5) is 16.4. The average Bonchev–Trinajstić information content (AvgIpc) is 2.82. The van der Waals surface area contributed by atoms with Crippen LogP contribution < -0.4 is 0 Å². The fraction of sp³-hybridized carbons (Fsp3) is 0.581. The summed E-state index contributed by atoms with van der Waals surface area (Å²) in [5, 5.41) is 12.1. The molecule has 0 radical (unpaired) electrons. The van der Waals surface area contributed by atoms with Crippen LogP contribution >= 0.6 is 23.5 Å². The summed E-state index contributed by atoms with van der Waals surface area (Å²) in [7, 11) is 0. The first kappa shape index (κ1) is 27.4. The SMILES string of the molecule is CC(C)(C)c1cc(S[C@H]2CCCC[C@@H]2SCC(=O)N2CCc3ccccc3C2)cc(C(C)(C)C)c1O. The fourth-order valence-electron chi connectivity index (χ4n) is 5.36. The third-order valence-corrected chi connectivity index (χ3v) is 10.5. The molecule has 4 rings (SSSR count). The number of phenolic OH excluding ortho intramolecular Hbond substituents is 1. The van der Waals surface area contributed by atoms with E-state index in [1.165, 1.54) is 41.7 Å². The molecule has 0 spiro atoms. The molecule has 2 aliphatic rings. The second kappa shape index (κ2) is 11.0. The number of hydrogen-bond acceptors (Lipinski definition) is 4. The van der Waals surface area contributed by atoms with Crippen LogP contribution in [-0.4, -0.2) is 38.7 Å². The van der Waals surface area contributed by atoms with E-state index in [0.717, 1.165) is 30.6 Å². The van der Waals surface area contributed by atoms with Crippen molar-refractivity contribution in [3.05, 3.63) is 58.7 Å². The summed E-state index contributed by atoms with van der Waals surface area (Å²) in [5.74, 6) is 1.29. The summed E-state index contributed by atoms with van der Waals surface area (Å²) < 4.78 is 0. The Hall–Kier alpha value is -1.59. The number of carbonyl (C=O) groups is 1. The average molecular weight is 526 g/mol. The Morgan fingerprint density at radius 1 is 0.944 bits per heavy atom. The molecule has 1 saturated carbocycles. The van der Waals surface area contributed by atoms with Gasteiger partial charge in [-0.15, -0.1) is 23.5 Å². The van der Waals surface area contributed by atoms with E-state index in [1.54, 1.807) is 0 Å². The number of amides is 1. The lowest BCUT2D eigenvalue weighted by atomic mass is 9.79. The van der Waals surface area contributed by atoms with Gasteiger partial charge in [0.25, 0.3) is 0 Å². The van der Waals surface area contributed by atoms with Crippen LogP contribution in [0.1, 0.15) is 89.5 Å². The maximum atomic E-state index is 13.1. The van der Waals surface area contributed by atoms with Gasteiger partial charge in [-0.2, -0.15) is 0 Å². The zero-order chi connectivity index (χ0) is 26.1. The molecule has 1 aliphatic carbocycles. The topological polar surface area (TPSA) is 40.5 Å². The Morgan fingerprint density at radius 3 is 2.14 bits per heavy atom. The molecule has 1 N–H and O–H groups in total. The van der Waals surface area contributed by atoms with Crippen LogP contribution in [0.15, 0.2) is 41.3 Å². The number of carbonyl (C=O) groups excluding carboxylic acids is 1. The molecule has 2 aromatic carbocycles. The second-order valence-corrected chi connectivity index (χ2v) is 15.0. The summed E-state index contributed by atoms with van der Waals surface area (Å²) in [6.45, 7) is 14.6. The van der Waals surface area contributed by atoms with Gasteiger partial charge in [0.05, 0.1) is 5.75 Å². The number of thioether (sulfide) groups is 2. The van der Waals surface area contributed by atoms with Crippen LogP contribution in [0.4, 0.5) is 0 Å². The lowest BCUT2D eigenvalue weighted by Crippen LogP contribution is -2.38. The molecule has 0 bridgehead atoms. The van der Waals surface area contributed by atoms with Crippen LogP contribution in [0.3, 0.4) is 0 Å². The highest BCUT2D eigenvalue weighted by Gasteiger charge is 2.31. The van der Waals surface area contributed by atoms with Crippen LogP contribution in [0.2, 0.25) is 0 Å². The highest BCUT2D eigenvalue weighted by molar-refractivity contribution is 8.04. The van der Waals surface area contributed by atoms with Crippen molar-refractivity contribution in [3.8, 4) is 5.75 Å². The molecular weight excluding hydrogens is 482 g/mol. The highest BCUT2D eigenvalue weighted by atomic mass is 32.2. The van der Waals surface area contributed by atoms with Crippen LogP contribution in [0, 0.1) is 0 Å². The molecule has 0 saturated heterocycles. The summed E-state index contributed by atoms with van der Waals surface area (Å²) in [6, 6.07) is 12.9. The lowest BCUT2D eigenvalue weighted by molar-refractivity contribution is -0.129. The normalized spacial score (nSPS) is 20.8. The minimum absolute atomic E-state index is 0.124. The van der Waals surface area contributed by atoms with Crippen molar-refractivity contribution in [3.63, 3.8) is 0 Å². The van der Waals surface area contributed by atoms with Gasteiger partial charge < -0.3 is 10.0 Å². The van der Waals surface area contributed by atoms with E-state index in [4.69, 9.17) is 0 Å². The predicted octanol–water partition coefficient (Wildman–Crippen LogP) is 7.71. The molecule has 3 nitrogen and oxygen atoms in total. The van der Waals surface area contributed by atoms with Gasteiger partial charge in [0.15, 0.2) is 0 Å². The van der Waals surface area contributed by atoms with Crippen molar-refractivity contribution in [1.29, 1.82) is 0 Å². The summed E-state index contributed by atoms with van der Waals surface area (Å²) in [6.07, 6.45) is 5.82. The number of fused-ring (bicyclic) bond motifs is 1. The first-order valence-corrected chi connectivity index (χ1v) is 15.4. The van der Waals surface area contributed by atoms with E-state index >= 15 is 0 Å². The van der Waals surface area contributed by atoms with Gasteiger partial charge in [-0.1, -0.05) is 78.6 Å². The molecular formula is C31H43NO2S2.